The molecule has 4 heteroatoms. The molecule has 0 spiro atoms. The Balaban J connectivity index is 2.88. The highest BCUT2D eigenvalue weighted by atomic mass is 16.5. The van der Waals surface area contributed by atoms with Gasteiger partial charge in [-0.25, -0.2) is 0 Å². The molecule has 0 aromatic heterocycles. The van der Waals surface area contributed by atoms with Crippen LogP contribution in [0.4, 0.5) is 0 Å². The van der Waals surface area contributed by atoms with E-state index in [1.54, 1.807) is 13.8 Å². The van der Waals surface area contributed by atoms with Crippen molar-refractivity contribution >= 4 is 5.97 Å². The van der Waals surface area contributed by atoms with Crippen molar-refractivity contribution in [2.45, 2.75) is 71.0 Å². The van der Waals surface area contributed by atoms with Crippen LogP contribution in [0.25, 0.3) is 0 Å². The number of carbonyl (C=O) groups excluding carboxylic acids is 1. The van der Waals surface area contributed by atoms with Crippen LogP contribution in [0.2, 0.25) is 0 Å². The number of rotatable bonds is 3. The minimum absolute atomic E-state index is 0.0192. The summed E-state index contributed by atoms with van der Waals surface area (Å²) in [5.74, 6) is -0.000356. The Labute approximate surface area is 128 Å². The van der Waals surface area contributed by atoms with E-state index in [2.05, 4.69) is 6.58 Å². The SMILES string of the molecule is C=C1CCCC(CO)CCC(C(C)(C)O)CC1OC(C)=O. The van der Waals surface area contributed by atoms with Gasteiger partial charge in [0.1, 0.15) is 6.10 Å². The molecule has 0 aromatic rings. The average molecular weight is 298 g/mol. The van der Waals surface area contributed by atoms with Gasteiger partial charge in [-0.05, 0) is 69.8 Å². The number of aliphatic hydroxyl groups is 2. The summed E-state index contributed by atoms with van der Waals surface area (Å²) >= 11 is 0. The molecule has 0 heterocycles. The summed E-state index contributed by atoms with van der Waals surface area (Å²) in [5.41, 5.74) is 0.0794. The van der Waals surface area contributed by atoms with Crippen LogP contribution < -0.4 is 0 Å². The van der Waals surface area contributed by atoms with Gasteiger partial charge in [0, 0.05) is 13.5 Å². The molecule has 122 valence electrons. The number of esters is 1. The molecule has 1 aliphatic rings. The molecule has 1 saturated carbocycles. The fourth-order valence-corrected chi connectivity index (χ4v) is 3.06. The van der Waals surface area contributed by atoms with Crippen molar-refractivity contribution in [3.8, 4) is 0 Å². The Morgan fingerprint density at radius 3 is 2.57 bits per heavy atom. The summed E-state index contributed by atoms with van der Waals surface area (Å²) in [6.07, 6.45) is 4.69. The van der Waals surface area contributed by atoms with E-state index in [0.717, 1.165) is 37.7 Å². The molecule has 1 aliphatic carbocycles. The average Bonchev–Trinajstić information content (AvgIpc) is 2.37. The molecule has 0 aliphatic heterocycles. The van der Waals surface area contributed by atoms with Crippen molar-refractivity contribution in [1.82, 2.24) is 0 Å². The molecule has 0 amide bonds. The summed E-state index contributed by atoms with van der Waals surface area (Å²) < 4.78 is 5.41. The summed E-state index contributed by atoms with van der Waals surface area (Å²) in [5, 5.41) is 19.8. The van der Waals surface area contributed by atoms with Crippen molar-refractivity contribution in [3.05, 3.63) is 12.2 Å². The molecule has 3 unspecified atom stereocenters. The highest BCUT2D eigenvalue weighted by molar-refractivity contribution is 5.66. The first-order valence-corrected chi connectivity index (χ1v) is 7.92. The predicted molar refractivity (Wildman–Crippen MR) is 82.8 cm³/mol. The molecule has 0 bridgehead atoms. The lowest BCUT2D eigenvalue weighted by Gasteiger charge is -2.34. The maximum absolute atomic E-state index is 11.3. The van der Waals surface area contributed by atoms with E-state index in [1.807, 2.05) is 0 Å². The molecule has 0 radical (unpaired) electrons. The topological polar surface area (TPSA) is 66.8 Å². The lowest BCUT2D eigenvalue weighted by molar-refractivity contribution is -0.146. The van der Waals surface area contributed by atoms with Gasteiger partial charge in [0.05, 0.1) is 5.60 Å². The maximum atomic E-state index is 11.3. The Morgan fingerprint density at radius 2 is 2.05 bits per heavy atom. The maximum Gasteiger partial charge on any atom is 0.303 e. The molecular weight excluding hydrogens is 268 g/mol. The van der Waals surface area contributed by atoms with Crippen molar-refractivity contribution < 1.29 is 19.7 Å². The molecule has 3 atom stereocenters. The number of aliphatic hydroxyl groups excluding tert-OH is 1. The van der Waals surface area contributed by atoms with Crippen LogP contribution in [0.5, 0.6) is 0 Å². The molecule has 1 fully saturated rings. The standard InChI is InChI=1S/C17H30O4/c1-12-6-5-7-14(11-18)8-9-15(17(3,4)20)10-16(12)21-13(2)19/h14-16,18,20H,1,5-11H2,2-4H3. The van der Waals surface area contributed by atoms with Crippen LogP contribution in [0.1, 0.15) is 59.3 Å². The summed E-state index contributed by atoms with van der Waals surface area (Å²) in [6, 6.07) is 0. The fourth-order valence-electron chi connectivity index (χ4n) is 3.06. The zero-order valence-corrected chi connectivity index (χ0v) is 13.6. The van der Waals surface area contributed by atoms with Crippen LogP contribution in [-0.2, 0) is 9.53 Å². The number of ether oxygens (including phenoxy) is 1. The lowest BCUT2D eigenvalue weighted by Crippen LogP contribution is -2.36. The molecular formula is C17H30O4. The lowest BCUT2D eigenvalue weighted by atomic mass is 9.78. The third-order valence-electron chi connectivity index (χ3n) is 4.55. The normalized spacial score (nSPS) is 29.0. The van der Waals surface area contributed by atoms with E-state index in [9.17, 15) is 15.0 Å². The second-order valence-corrected chi connectivity index (χ2v) is 6.86. The Bertz CT molecular complexity index is 356. The van der Waals surface area contributed by atoms with Gasteiger partial charge in [0.2, 0.25) is 0 Å². The van der Waals surface area contributed by atoms with Gasteiger partial charge in [-0.15, -0.1) is 0 Å². The number of hydrogen-bond donors (Lipinski definition) is 2. The number of hydrogen-bond acceptors (Lipinski definition) is 4. The summed E-state index contributed by atoms with van der Waals surface area (Å²) in [7, 11) is 0. The highest BCUT2D eigenvalue weighted by Crippen LogP contribution is 2.34. The van der Waals surface area contributed by atoms with Gasteiger partial charge < -0.3 is 14.9 Å². The molecule has 21 heavy (non-hydrogen) atoms. The van der Waals surface area contributed by atoms with Crippen LogP contribution in [0.15, 0.2) is 12.2 Å². The quantitative estimate of drug-likeness (QED) is 0.621. The smallest absolute Gasteiger partial charge is 0.303 e. The van der Waals surface area contributed by atoms with E-state index in [4.69, 9.17) is 4.74 Å². The van der Waals surface area contributed by atoms with Gasteiger partial charge in [0.15, 0.2) is 0 Å². The first-order valence-electron chi connectivity index (χ1n) is 7.92. The minimum Gasteiger partial charge on any atom is -0.458 e. The minimum atomic E-state index is -0.835. The van der Waals surface area contributed by atoms with Crippen LogP contribution >= 0.6 is 0 Å². The van der Waals surface area contributed by atoms with Gasteiger partial charge in [0.25, 0.3) is 0 Å². The predicted octanol–water partition coefficient (Wildman–Crippen LogP) is 2.82. The van der Waals surface area contributed by atoms with Gasteiger partial charge in [-0.1, -0.05) is 6.58 Å². The van der Waals surface area contributed by atoms with Crippen molar-refractivity contribution in [3.63, 3.8) is 0 Å². The third kappa shape index (κ3) is 6.18. The second kappa shape index (κ2) is 7.95. The Kier molecular flexibility index (Phi) is 6.88. The van der Waals surface area contributed by atoms with Crippen LogP contribution in [-0.4, -0.2) is 34.5 Å². The van der Waals surface area contributed by atoms with Gasteiger partial charge in [-0.3, -0.25) is 4.79 Å². The van der Waals surface area contributed by atoms with Crippen LogP contribution in [0, 0.1) is 11.8 Å². The van der Waals surface area contributed by atoms with E-state index in [1.165, 1.54) is 6.92 Å². The highest BCUT2D eigenvalue weighted by Gasteiger charge is 2.32. The van der Waals surface area contributed by atoms with E-state index in [-0.39, 0.29) is 30.5 Å². The van der Waals surface area contributed by atoms with Gasteiger partial charge >= 0.3 is 5.97 Å². The molecule has 1 rings (SSSR count). The summed E-state index contributed by atoms with van der Waals surface area (Å²) in [4.78, 5) is 11.3. The first kappa shape index (κ1) is 18.2. The monoisotopic (exact) mass is 298 g/mol. The fraction of sp³-hybridized carbons (Fsp3) is 0.824. The molecule has 2 N–H and O–H groups in total. The zero-order chi connectivity index (χ0) is 16.0. The van der Waals surface area contributed by atoms with E-state index < -0.39 is 5.60 Å². The molecule has 4 nitrogen and oxygen atoms in total. The first-order chi connectivity index (χ1) is 9.74. The van der Waals surface area contributed by atoms with E-state index >= 15 is 0 Å². The largest absolute Gasteiger partial charge is 0.458 e. The Hall–Kier alpha value is -0.870. The van der Waals surface area contributed by atoms with Crippen molar-refractivity contribution in [1.29, 1.82) is 0 Å². The van der Waals surface area contributed by atoms with E-state index in [0.29, 0.717) is 6.42 Å². The van der Waals surface area contributed by atoms with Gasteiger partial charge in [-0.2, -0.15) is 0 Å². The zero-order valence-electron chi connectivity index (χ0n) is 13.6. The van der Waals surface area contributed by atoms with Crippen molar-refractivity contribution in [2.75, 3.05) is 6.61 Å². The third-order valence-corrected chi connectivity index (χ3v) is 4.55. The second-order valence-electron chi connectivity index (χ2n) is 6.86. The molecule has 0 saturated heterocycles. The van der Waals surface area contributed by atoms with Crippen molar-refractivity contribution in [2.24, 2.45) is 11.8 Å². The summed E-state index contributed by atoms with van der Waals surface area (Å²) in [6.45, 7) is 9.26. The number of carbonyl (C=O) groups is 1. The Morgan fingerprint density at radius 1 is 1.38 bits per heavy atom. The van der Waals surface area contributed by atoms with Crippen LogP contribution in [0.3, 0.4) is 0 Å². The molecule has 0 aromatic carbocycles.